The van der Waals surface area contributed by atoms with E-state index in [0.29, 0.717) is 12.5 Å². The number of nitrogens with zero attached hydrogens (tertiary/aromatic N) is 1. The second-order valence-electron chi connectivity index (χ2n) is 5.57. The van der Waals surface area contributed by atoms with E-state index in [0.717, 1.165) is 26.1 Å². The van der Waals surface area contributed by atoms with E-state index in [-0.39, 0.29) is 5.91 Å². The van der Waals surface area contributed by atoms with Crippen molar-refractivity contribution in [2.45, 2.75) is 39.7 Å². The average Bonchev–Trinajstić information content (AvgIpc) is 2.38. The zero-order valence-corrected chi connectivity index (χ0v) is 12.2. The molecule has 1 amide bonds. The van der Waals surface area contributed by atoms with Gasteiger partial charge in [0.15, 0.2) is 0 Å². The van der Waals surface area contributed by atoms with Crippen molar-refractivity contribution < 1.29 is 4.79 Å². The normalized spacial score (nSPS) is 19.5. The molecular weight excluding hydrogens is 236 g/mol. The van der Waals surface area contributed by atoms with Crippen LogP contribution in [0.2, 0.25) is 0 Å². The summed E-state index contributed by atoms with van der Waals surface area (Å²) >= 11 is 0. The topological polar surface area (TPSA) is 32.3 Å². The van der Waals surface area contributed by atoms with E-state index in [2.05, 4.69) is 44.3 Å². The molecule has 1 heterocycles. The van der Waals surface area contributed by atoms with Gasteiger partial charge in [-0.2, -0.15) is 0 Å². The maximum absolute atomic E-state index is 12.3. The molecule has 1 aromatic carbocycles. The first-order valence-electron chi connectivity index (χ1n) is 7.14. The summed E-state index contributed by atoms with van der Waals surface area (Å²) < 4.78 is 0. The molecule has 104 valence electrons. The van der Waals surface area contributed by atoms with Crippen molar-refractivity contribution in [3.63, 3.8) is 0 Å². The Morgan fingerprint density at radius 1 is 1.42 bits per heavy atom. The van der Waals surface area contributed by atoms with Gasteiger partial charge in [0.1, 0.15) is 0 Å². The highest BCUT2D eigenvalue weighted by atomic mass is 16.2. The number of carbonyl (C=O) groups is 1. The Bertz CT molecular complexity index is 456. The van der Waals surface area contributed by atoms with Crippen LogP contribution in [0.25, 0.3) is 0 Å². The van der Waals surface area contributed by atoms with E-state index in [1.54, 1.807) is 0 Å². The van der Waals surface area contributed by atoms with Crippen LogP contribution in [0, 0.1) is 13.8 Å². The van der Waals surface area contributed by atoms with Crippen LogP contribution < -0.4 is 5.32 Å². The molecule has 1 atom stereocenters. The highest BCUT2D eigenvalue weighted by Gasteiger charge is 2.22. The van der Waals surface area contributed by atoms with Crippen LogP contribution in [0.15, 0.2) is 18.2 Å². The highest BCUT2D eigenvalue weighted by molar-refractivity contribution is 5.77. The molecule has 3 heteroatoms. The number of aryl methyl sites for hydroxylation is 3. The third kappa shape index (κ3) is 3.57. The van der Waals surface area contributed by atoms with Crippen LogP contribution in [0.5, 0.6) is 0 Å². The minimum atomic E-state index is 0.286. The molecule has 0 bridgehead atoms. The fourth-order valence-electron chi connectivity index (χ4n) is 2.72. The maximum Gasteiger partial charge on any atom is 0.223 e. The van der Waals surface area contributed by atoms with Gasteiger partial charge in [-0.1, -0.05) is 23.8 Å². The lowest BCUT2D eigenvalue weighted by Gasteiger charge is -2.34. The van der Waals surface area contributed by atoms with Gasteiger partial charge < -0.3 is 10.2 Å². The van der Waals surface area contributed by atoms with E-state index in [4.69, 9.17) is 0 Å². The summed E-state index contributed by atoms with van der Waals surface area (Å²) in [4.78, 5) is 14.3. The average molecular weight is 260 g/mol. The van der Waals surface area contributed by atoms with Crippen molar-refractivity contribution in [3.8, 4) is 0 Å². The SMILES string of the molecule is Cc1ccc(CCC(=O)N2CCNC[C@H]2C)c(C)c1. The molecule has 19 heavy (non-hydrogen) atoms. The first kappa shape index (κ1) is 14.1. The number of hydrogen-bond acceptors (Lipinski definition) is 2. The Morgan fingerprint density at radius 3 is 2.89 bits per heavy atom. The molecule has 1 N–H and O–H groups in total. The Balaban J connectivity index is 1.92. The van der Waals surface area contributed by atoms with Gasteiger partial charge in [-0.05, 0) is 38.3 Å². The van der Waals surface area contributed by atoms with Crippen molar-refractivity contribution in [1.29, 1.82) is 0 Å². The van der Waals surface area contributed by atoms with Gasteiger partial charge in [0, 0.05) is 32.1 Å². The lowest BCUT2D eigenvalue weighted by Crippen LogP contribution is -2.52. The molecule has 2 rings (SSSR count). The lowest BCUT2D eigenvalue weighted by atomic mass is 10.0. The first-order valence-corrected chi connectivity index (χ1v) is 7.14. The van der Waals surface area contributed by atoms with Crippen LogP contribution in [0.1, 0.15) is 30.0 Å². The molecule has 0 saturated carbocycles. The van der Waals surface area contributed by atoms with E-state index in [1.807, 2.05) is 4.90 Å². The Morgan fingerprint density at radius 2 is 2.21 bits per heavy atom. The molecule has 0 spiro atoms. The molecule has 1 aromatic rings. The molecule has 3 nitrogen and oxygen atoms in total. The number of nitrogens with one attached hydrogen (secondary N) is 1. The first-order chi connectivity index (χ1) is 9.08. The zero-order valence-electron chi connectivity index (χ0n) is 12.2. The van der Waals surface area contributed by atoms with E-state index < -0.39 is 0 Å². The fourth-order valence-corrected chi connectivity index (χ4v) is 2.72. The number of hydrogen-bond donors (Lipinski definition) is 1. The predicted molar refractivity (Wildman–Crippen MR) is 78.3 cm³/mol. The second-order valence-corrected chi connectivity index (χ2v) is 5.57. The second kappa shape index (κ2) is 6.20. The standard InChI is InChI=1S/C16H24N2O/c1-12-4-5-15(13(2)10-12)6-7-16(19)18-9-8-17-11-14(18)3/h4-5,10,14,17H,6-9,11H2,1-3H3/t14-/m1/s1. The van der Waals surface area contributed by atoms with E-state index in [1.165, 1.54) is 16.7 Å². The maximum atomic E-state index is 12.3. The minimum Gasteiger partial charge on any atom is -0.337 e. The van der Waals surface area contributed by atoms with Gasteiger partial charge in [-0.15, -0.1) is 0 Å². The third-order valence-corrected chi connectivity index (χ3v) is 3.93. The molecule has 1 saturated heterocycles. The zero-order chi connectivity index (χ0) is 13.8. The van der Waals surface area contributed by atoms with Crippen molar-refractivity contribution in [3.05, 3.63) is 34.9 Å². The fraction of sp³-hybridized carbons (Fsp3) is 0.562. The van der Waals surface area contributed by atoms with Crippen LogP contribution >= 0.6 is 0 Å². The minimum absolute atomic E-state index is 0.286. The third-order valence-electron chi connectivity index (χ3n) is 3.93. The van der Waals surface area contributed by atoms with E-state index >= 15 is 0 Å². The molecule has 1 aliphatic heterocycles. The van der Waals surface area contributed by atoms with Gasteiger partial charge in [-0.25, -0.2) is 0 Å². The summed E-state index contributed by atoms with van der Waals surface area (Å²) in [5.41, 5.74) is 3.87. The lowest BCUT2D eigenvalue weighted by molar-refractivity contribution is -0.133. The molecule has 0 aromatic heterocycles. The Kier molecular flexibility index (Phi) is 4.59. The van der Waals surface area contributed by atoms with Gasteiger partial charge in [-0.3, -0.25) is 4.79 Å². The molecule has 1 aliphatic rings. The number of piperazine rings is 1. The van der Waals surface area contributed by atoms with Gasteiger partial charge in [0.05, 0.1) is 0 Å². The Hall–Kier alpha value is -1.35. The van der Waals surface area contributed by atoms with E-state index in [9.17, 15) is 4.79 Å². The largest absolute Gasteiger partial charge is 0.337 e. The highest BCUT2D eigenvalue weighted by Crippen LogP contribution is 2.14. The van der Waals surface area contributed by atoms with Gasteiger partial charge in [0.2, 0.25) is 5.91 Å². The van der Waals surface area contributed by atoms with Crippen LogP contribution in [-0.2, 0) is 11.2 Å². The molecule has 0 unspecified atom stereocenters. The summed E-state index contributed by atoms with van der Waals surface area (Å²) in [6.45, 7) is 9.01. The number of amides is 1. The number of rotatable bonds is 3. The quantitative estimate of drug-likeness (QED) is 0.902. The number of carbonyl (C=O) groups excluding carboxylic acids is 1. The van der Waals surface area contributed by atoms with Gasteiger partial charge >= 0.3 is 0 Å². The number of benzene rings is 1. The summed E-state index contributed by atoms with van der Waals surface area (Å²) in [5, 5.41) is 3.31. The van der Waals surface area contributed by atoms with Crippen molar-refractivity contribution >= 4 is 5.91 Å². The van der Waals surface area contributed by atoms with Crippen molar-refractivity contribution in [2.24, 2.45) is 0 Å². The molecule has 0 aliphatic carbocycles. The molecule has 1 fully saturated rings. The smallest absolute Gasteiger partial charge is 0.223 e. The summed E-state index contributed by atoms with van der Waals surface area (Å²) in [6.07, 6.45) is 1.47. The molecule has 0 radical (unpaired) electrons. The van der Waals surface area contributed by atoms with Crippen LogP contribution in [0.4, 0.5) is 0 Å². The molecular formula is C16H24N2O. The predicted octanol–water partition coefficient (Wildman–Crippen LogP) is 2.06. The van der Waals surface area contributed by atoms with Crippen LogP contribution in [0.3, 0.4) is 0 Å². The van der Waals surface area contributed by atoms with Gasteiger partial charge in [0.25, 0.3) is 0 Å². The summed E-state index contributed by atoms with van der Waals surface area (Å²) in [5.74, 6) is 0.286. The van der Waals surface area contributed by atoms with Crippen molar-refractivity contribution in [1.82, 2.24) is 10.2 Å². The summed E-state index contributed by atoms with van der Waals surface area (Å²) in [7, 11) is 0. The van der Waals surface area contributed by atoms with Crippen LogP contribution in [-0.4, -0.2) is 36.5 Å². The monoisotopic (exact) mass is 260 g/mol. The van der Waals surface area contributed by atoms with Crippen molar-refractivity contribution in [2.75, 3.05) is 19.6 Å². The Labute approximate surface area is 116 Å². The summed E-state index contributed by atoms with van der Waals surface area (Å²) in [6, 6.07) is 6.78.